The summed E-state index contributed by atoms with van der Waals surface area (Å²) in [6, 6.07) is 0. The molecule has 0 atom stereocenters. The molecule has 0 aliphatic carbocycles. The average Bonchev–Trinajstić information content (AvgIpc) is 1.87. The molecule has 1 radical (unpaired) electrons. The summed E-state index contributed by atoms with van der Waals surface area (Å²) in [7, 11) is 0. The molecule has 0 fully saturated rings. The summed E-state index contributed by atoms with van der Waals surface area (Å²) in [6.07, 6.45) is 3.89. The fourth-order valence-electron chi connectivity index (χ4n) is 0.530. The largest absolute Gasteiger partial charge is 0.375 e. The van der Waals surface area contributed by atoms with Crippen LogP contribution in [0, 0.1) is 12.5 Å². The highest BCUT2D eigenvalue weighted by atomic mass is 16.5. The van der Waals surface area contributed by atoms with E-state index in [1.54, 1.807) is 0 Å². The summed E-state index contributed by atoms with van der Waals surface area (Å²) < 4.78 is 5.22. The summed E-state index contributed by atoms with van der Waals surface area (Å²) in [6.45, 7) is 10.6. The molecule has 0 saturated carbocycles. The molecule has 1 heteroatoms. The average molecular weight is 141 g/mol. The van der Waals surface area contributed by atoms with Crippen LogP contribution in [0.25, 0.3) is 0 Å². The minimum Gasteiger partial charge on any atom is -0.375 e. The molecule has 0 N–H and O–H groups in total. The number of hydrogen-bond donors (Lipinski definition) is 0. The highest BCUT2D eigenvalue weighted by molar-refractivity contribution is 4.68. The van der Waals surface area contributed by atoms with Crippen LogP contribution in [0.4, 0.5) is 0 Å². The summed E-state index contributed by atoms with van der Waals surface area (Å²) in [4.78, 5) is 0. The topological polar surface area (TPSA) is 9.23 Å². The fraction of sp³-hybridized carbons (Fsp3) is 0.667. The molecular formula is C9H17O. The molecular weight excluding hydrogens is 124 g/mol. The minimum atomic E-state index is 0.625. The van der Waals surface area contributed by atoms with Crippen molar-refractivity contribution in [3.05, 3.63) is 19.3 Å². The number of allylic oxidation sites excluding steroid dienone is 1. The highest BCUT2D eigenvalue weighted by Gasteiger charge is 1.92. The van der Waals surface area contributed by atoms with Gasteiger partial charge in [0.15, 0.2) is 0 Å². The predicted molar refractivity (Wildman–Crippen MR) is 44.5 cm³/mol. The van der Waals surface area contributed by atoms with Crippen molar-refractivity contribution in [3.8, 4) is 0 Å². The van der Waals surface area contributed by atoms with Crippen LogP contribution in [0.3, 0.4) is 0 Å². The molecule has 0 aromatic rings. The van der Waals surface area contributed by atoms with Gasteiger partial charge in [0.25, 0.3) is 0 Å². The highest BCUT2D eigenvalue weighted by Crippen LogP contribution is 1.99. The minimum absolute atomic E-state index is 0.625. The first-order valence-electron chi connectivity index (χ1n) is 3.81. The van der Waals surface area contributed by atoms with Crippen LogP contribution in [0.15, 0.2) is 12.7 Å². The third-order valence-electron chi connectivity index (χ3n) is 1.04. The van der Waals surface area contributed by atoms with Gasteiger partial charge < -0.3 is 4.74 Å². The first kappa shape index (κ1) is 9.70. The maximum Gasteiger partial charge on any atom is 0.0839 e. The fourth-order valence-corrected chi connectivity index (χ4v) is 0.530. The number of ether oxygens (including phenoxy) is 1. The second-order valence-electron chi connectivity index (χ2n) is 2.76. The molecule has 59 valence electrons. The Balaban J connectivity index is 2.83. The summed E-state index contributed by atoms with van der Waals surface area (Å²) in [5.74, 6) is 0.625. The summed E-state index contributed by atoms with van der Waals surface area (Å²) in [5.41, 5.74) is 0. The molecule has 1 nitrogen and oxygen atoms in total. The van der Waals surface area contributed by atoms with Gasteiger partial charge in [-0.15, -0.1) is 6.58 Å². The van der Waals surface area contributed by atoms with Gasteiger partial charge in [-0.2, -0.15) is 0 Å². The van der Waals surface area contributed by atoms with E-state index in [1.165, 1.54) is 0 Å². The maximum absolute atomic E-state index is 5.22. The van der Waals surface area contributed by atoms with Crippen LogP contribution in [0.1, 0.15) is 26.7 Å². The molecule has 0 heterocycles. The van der Waals surface area contributed by atoms with E-state index in [0.717, 1.165) is 19.4 Å². The van der Waals surface area contributed by atoms with E-state index in [0.29, 0.717) is 5.92 Å². The molecule has 0 aliphatic rings. The van der Waals surface area contributed by atoms with Gasteiger partial charge in [0.1, 0.15) is 0 Å². The lowest BCUT2D eigenvalue weighted by molar-refractivity contribution is 0.162. The standard InChI is InChI=1S/C9H17O/c1-4-5-6-7-10-8-9(2)3/h4,7,9H,1,5-6,8H2,2-3H3. The smallest absolute Gasteiger partial charge is 0.0839 e. The van der Waals surface area contributed by atoms with E-state index in [2.05, 4.69) is 20.4 Å². The van der Waals surface area contributed by atoms with Gasteiger partial charge in [0, 0.05) is 6.61 Å². The normalized spacial score (nSPS) is 10.3. The second kappa shape index (κ2) is 6.81. The van der Waals surface area contributed by atoms with E-state index in [-0.39, 0.29) is 0 Å². The van der Waals surface area contributed by atoms with Gasteiger partial charge in [0.2, 0.25) is 0 Å². The lowest BCUT2D eigenvalue weighted by Crippen LogP contribution is -1.99. The van der Waals surface area contributed by atoms with E-state index in [1.807, 2.05) is 12.7 Å². The lowest BCUT2D eigenvalue weighted by atomic mass is 10.2. The van der Waals surface area contributed by atoms with Crippen LogP contribution in [0.5, 0.6) is 0 Å². The van der Waals surface area contributed by atoms with E-state index >= 15 is 0 Å². The molecule has 0 aromatic carbocycles. The van der Waals surface area contributed by atoms with Gasteiger partial charge in [-0.3, -0.25) is 0 Å². The molecule has 0 aromatic heterocycles. The van der Waals surface area contributed by atoms with Crippen molar-refractivity contribution in [2.75, 3.05) is 6.61 Å². The van der Waals surface area contributed by atoms with Crippen molar-refractivity contribution in [3.63, 3.8) is 0 Å². The van der Waals surface area contributed by atoms with Gasteiger partial charge in [-0.1, -0.05) is 19.9 Å². The molecule has 0 bridgehead atoms. The van der Waals surface area contributed by atoms with Crippen molar-refractivity contribution >= 4 is 0 Å². The maximum atomic E-state index is 5.22. The Morgan fingerprint density at radius 3 is 2.60 bits per heavy atom. The van der Waals surface area contributed by atoms with Crippen LogP contribution in [-0.2, 0) is 4.74 Å². The molecule has 10 heavy (non-hydrogen) atoms. The molecule has 0 amide bonds. The zero-order chi connectivity index (χ0) is 7.82. The zero-order valence-corrected chi connectivity index (χ0v) is 6.97. The van der Waals surface area contributed by atoms with Crippen LogP contribution in [0.2, 0.25) is 0 Å². The number of unbranched alkanes of at least 4 members (excludes halogenated alkanes) is 1. The van der Waals surface area contributed by atoms with Gasteiger partial charge in [0.05, 0.1) is 6.61 Å². The molecule has 0 spiro atoms. The van der Waals surface area contributed by atoms with Crippen molar-refractivity contribution in [1.29, 1.82) is 0 Å². The summed E-state index contributed by atoms with van der Waals surface area (Å²) in [5, 5.41) is 0. The monoisotopic (exact) mass is 141 g/mol. The molecule has 0 unspecified atom stereocenters. The van der Waals surface area contributed by atoms with E-state index in [4.69, 9.17) is 4.74 Å². The van der Waals surface area contributed by atoms with Gasteiger partial charge in [-0.25, -0.2) is 0 Å². The summed E-state index contributed by atoms with van der Waals surface area (Å²) >= 11 is 0. The predicted octanol–water partition coefficient (Wildman–Crippen LogP) is 2.79. The Labute approximate surface area is 64.1 Å². The first-order valence-corrected chi connectivity index (χ1v) is 3.81. The Hall–Kier alpha value is -0.300. The first-order chi connectivity index (χ1) is 4.77. The quantitative estimate of drug-likeness (QED) is 0.408. The van der Waals surface area contributed by atoms with Crippen molar-refractivity contribution in [2.45, 2.75) is 26.7 Å². The van der Waals surface area contributed by atoms with Crippen LogP contribution >= 0.6 is 0 Å². The van der Waals surface area contributed by atoms with Crippen molar-refractivity contribution < 1.29 is 4.74 Å². The zero-order valence-electron chi connectivity index (χ0n) is 6.97. The molecule has 0 aliphatic heterocycles. The Morgan fingerprint density at radius 2 is 2.10 bits per heavy atom. The van der Waals surface area contributed by atoms with Gasteiger partial charge in [-0.05, 0) is 18.8 Å². The number of hydrogen-bond acceptors (Lipinski definition) is 1. The van der Waals surface area contributed by atoms with E-state index < -0.39 is 0 Å². The second-order valence-corrected chi connectivity index (χ2v) is 2.76. The third kappa shape index (κ3) is 7.70. The van der Waals surface area contributed by atoms with Gasteiger partial charge >= 0.3 is 0 Å². The van der Waals surface area contributed by atoms with Crippen LogP contribution < -0.4 is 0 Å². The van der Waals surface area contributed by atoms with E-state index in [9.17, 15) is 0 Å². The molecule has 0 saturated heterocycles. The number of rotatable bonds is 6. The van der Waals surface area contributed by atoms with Crippen molar-refractivity contribution in [2.24, 2.45) is 5.92 Å². The third-order valence-corrected chi connectivity index (χ3v) is 1.04. The van der Waals surface area contributed by atoms with Crippen LogP contribution in [-0.4, -0.2) is 6.61 Å². The SMILES string of the molecule is C=CCC[CH]OCC(C)C. The molecule has 0 rings (SSSR count). The Kier molecular flexibility index (Phi) is 6.61. The van der Waals surface area contributed by atoms with Crippen molar-refractivity contribution in [1.82, 2.24) is 0 Å². The Morgan fingerprint density at radius 1 is 1.40 bits per heavy atom. The lowest BCUT2D eigenvalue weighted by Gasteiger charge is -2.03. The Bertz CT molecular complexity index is 76.8.